The lowest BCUT2D eigenvalue weighted by molar-refractivity contribution is 0.400. The number of pyridine rings is 1. The van der Waals surface area contributed by atoms with Crippen LogP contribution in [0, 0.1) is 0 Å². The zero-order valence-corrected chi connectivity index (χ0v) is 14.6. The molecule has 0 fully saturated rings. The summed E-state index contributed by atoms with van der Waals surface area (Å²) in [7, 11) is 3.60. The summed E-state index contributed by atoms with van der Waals surface area (Å²) in [4.78, 5) is 15.2. The van der Waals surface area contributed by atoms with Crippen molar-refractivity contribution in [2.24, 2.45) is 0 Å². The van der Waals surface area contributed by atoms with Gasteiger partial charge < -0.3 is 9.64 Å². The van der Waals surface area contributed by atoms with Gasteiger partial charge in [0.1, 0.15) is 5.82 Å². The first-order valence-corrected chi connectivity index (χ1v) is 8.65. The molecule has 24 heavy (non-hydrogen) atoms. The molecule has 0 unspecified atom stereocenters. The molecule has 0 radical (unpaired) electrons. The maximum absolute atomic E-state index is 5.42. The summed E-state index contributed by atoms with van der Waals surface area (Å²) in [5.41, 5.74) is 2.94. The van der Waals surface area contributed by atoms with Crippen LogP contribution in [0.25, 0.3) is 11.1 Å². The van der Waals surface area contributed by atoms with Crippen LogP contribution in [0.15, 0.2) is 60.0 Å². The Kier molecular flexibility index (Phi) is 4.96. The number of benzene rings is 1. The molecule has 0 saturated carbocycles. The number of rotatable bonds is 5. The molecule has 0 bridgehead atoms. The van der Waals surface area contributed by atoms with Crippen LogP contribution in [0.2, 0.25) is 0 Å². The average Bonchev–Trinajstić information content (AvgIpc) is 2.67. The fourth-order valence-corrected chi connectivity index (χ4v) is 2.71. The second-order valence-corrected chi connectivity index (χ2v) is 5.85. The van der Waals surface area contributed by atoms with Gasteiger partial charge in [0, 0.05) is 18.8 Å². The Bertz CT molecular complexity index is 826. The summed E-state index contributed by atoms with van der Waals surface area (Å²) < 4.78 is 5.42. The van der Waals surface area contributed by atoms with Gasteiger partial charge in [0.15, 0.2) is 5.16 Å². The van der Waals surface area contributed by atoms with Gasteiger partial charge in [-0.1, -0.05) is 42.1 Å². The molecule has 0 N–H and O–H groups in total. The Hall–Kier alpha value is -2.60. The van der Waals surface area contributed by atoms with Crippen molar-refractivity contribution in [1.82, 2.24) is 15.0 Å². The van der Waals surface area contributed by atoms with Crippen LogP contribution in [-0.4, -0.2) is 35.4 Å². The lowest BCUT2D eigenvalue weighted by Gasteiger charge is -2.20. The van der Waals surface area contributed by atoms with Gasteiger partial charge >= 0.3 is 0 Å². The smallest absolute Gasteiger partial charge is 0.221 e. The number of hydrogen-bond acceptors (Lipinski definition) is 6. The number of anilines is 2. The van der Waals surface area contributed by atoms with Crippen LogP contribution in [0.4, 0.5) is 11.5 Å². The quantitative estimate of drug-likeness (QED) is 0.517. The molecule has 1 aromatic carbocycles. The highest BCUT2D eigenvalue weighted by atomic mass is 32.2. The molecule has 0 atom stereocenters. The fourth-order valence-electron chi connectivity index (χ4n) is 2.36. The highest BCUT2D eigenvalue weighted by Gasteiger charge is 2.13. The largest absolute Gasteiger partial charge is 0.481 e. The van der Waals surface area contributed by atoms with Crippen molar-refractivity contribution >= 4 is 23.3 Å². The van der Waals surface area contributed by atoms with Crippen molar-refractivity contribution < 1.29 is 4.74 Å². The molecule has 0 aliphatic carbocycles. The van der Waals surface area contributed by atoms with E-state index in [0.29, 0.717) is 5.88 Å². The molecule has 0 spiro atoms. The van der Waals surface area contributed by atoms with Crippen LogP contribution in [0.5, 0.6) is 5.88 Å². The molecule has 0 aliphatic rings. The van der Waals surface area contributed by atoms with E-state index in [9.17, 15) is 0 Å². The van der Waals surface area contributed by atoms with Crippen LogP contribution in [-0.2, 0) is 0 Å². The highest BCUT2D eigenvalue weighted by molar-refractivity contribution is 7.98. The summed E-state index contributed by atoms with van der Waals surface area (Å²) in [5, 5.41) is 0.740. The van der Waals surface area contributed by atoms with E-state index in [2.05, 4.69) is 21.0 Å². The molecule has 6 heteroatoms. The first kappa shape index (κ1) is 16.3. The van der Waals surface area contributed by atoms with Gasteiger partial charge in [0.25, 0.3) is 0 Å². The monoisotopic (exact) mass is 338 g/mol. The third kappa shape index (κ3) is 3.33. The lowest BCUT2D eigenvalue weighted by atomic mass is 10.1. The molecular weight excluding hydrogens is 320 g/mol. The average molecular weight is 338 g/mol. The Labute approximate surface area is 145 Å². The lowest BCUT2D eigenvalue weighted by Crippen LogP contribution is -2.12. The summed E-state index contributed by atoms with van der Waals surface area (Å²) in [6.45, 7) is 0. The third-order valence-corrected chi connectivity index (χ3v) is 4.21. The molecule has 122 valence electrons. The topological polar surface area (TPSA) is 51.1 Å². The highest BCUT2D eigenvalue weighted by Crippen LogP contribution is 2.33. The van der Waals surface area contributed by atoms with E-state index >= 15 is 0 Å². The predicted molar refractivity (Wildman–Crippen MR) is 98.1 cm³/mol. The van der Waals surface area contributed by atoms with Crippen molar-refractivity contribution in [3.05, 3.63) is 54.9 Å². The molecule has 0 aliphatic heterocycles. The van der Waals surface area contributed by atoms with E-state index in [1.165, 1.54) is 11.8 Å². The minimum atomic E-state index is 0.603. The Morgan fingerprint density at radius 1 is 1.08 bits per heavy atom. The van der Waals surface area contributed by atoms with Gasteiger partial charge in [-0.2, -0.15) is 0 Å². The van der Waals surface area contributed by atoms with Gasteiger partial charge in [-0.25, -0.2) is 15.0 Å². The second-order valence-electron chi connectivity index (χ2n) is 5.08. The van der Waals surface area contributed by atoms with Gasteiger partial charge in [-0.05, 0) is 24.0 Å². The molecule has 0 saturated heterocycles. The standard InChI is InChI=1S/C18H18N4OS/c1-22(16-9-10-19-18(21-16)24-3)14-11-15(17(23-2)20-12-14)13-7-5-4-6-8-13/h4-12H,1-3H3. The molecule has 2 heterocycles. The normalized spacial score (nSPS) is 10.5. The van der Waals surface area contributed by atoms with Gasteiger partial charge in [0.2, 0.25) is 5.88 Å². The Morgan fingerprint density at radius 2 is 1.88 bits per heavy atom. The van der Waals surface area contributed by atoms with Gasteiger partial charge in [-0.15, -0.1) is 0 Å². The van der Waals surface area contributed by atoms with Crippen LogP contribution in [0.1, 0.15) is 0 Å². The minimum absolute atomic E-state index is 0.603. The number of thioether (sulfide) groups is 1. The zero-order valence-electron chi connectivity index (χ0n) is 13.8. The van der Waals surface area contributed by atoms with Crippen LogP contribution in [0.3, 0.4) is 0 Å². The van der Waals surface area contributed by atoms with E-state index in [0.717, 1.165) is 27.8 Å². The second kappa shape index (κ2) is 7.31. The summed E-state index contributed by atoms with van der Waals surface area (Å²) >= 11 is 1.52. The van der Waals surface area contributed by atoms with E-state index in [1.807, 2.05) is 54.6 Å². The van der Waals surface area contributed by atoms with E-state index < -0.39 is 0 Å². The Morgan fingerprint density at radius 3 is 2.58 bits per heavy atom. The van der Waals surface area contributed by atoms with Crippen LogP contribution < -0.4 is 9.64 Å². The number of methoxy groups -OCH3 is 1. The predicted octanol–water partition coefficient (Wildman–Crippen LogP) is 4.04. The molecule has 3 rings (SSSR count). The van der Waals surface area contributed by atoms with Crippen LogP contribution >= 0.6 is 11.8 Å². The first-order valence-electron chi connectivity index (χ1n) is 7.43. The zero-order chi connectivity index (χ0) is 16.9. The third-order valence-electron chi connectivity index (χ3n) is 3.65. The van der Waals surface area contributed by atoms with Crippen molar-refractivity contribution in [2.45, 2.75) is 5.16 Å². The van der Waals surface area contributed by atoms with Crippen molar-refractivity contribution in [3.8, 4) is 17.0 Å². The van der Waals surface area contributed by atoms with Gasteiger partial charge in [-0.3, -0.25) is 0 Å². The van der Waals surface area contributed by atoms with Crippen molar-refractivity contribution in [3.63, 3.8) is 0 Å². The van der Waals surface area contributed by atoms with Crippen molar-refractivity contribution in [2.75, 3.05) is 25.3 Å². The molecule has 5 nitrogen and oxygen atoms in total. The molecule has 0 amide bonds. The van der Waals surface area contributed by atoms with E-state index in [-0.39, 0.29) is 0 Å². The molecule has 3 aromatic rings. The minimum Gasteiger partial charge on any atom is -0.481 e. The SMILES string of the molecule is COc1ncc(N(C)c2ccnc(SC)n2)cc1-c1ccccc1. The first-order chi connectivity index (χ1) is 11.7. The van der Waals surface area contributed by atoms with E-state index in [4.69, 9.17) is 4.74 Å². The number of ether oxygens (including phenoxy) is 1. The summed E-state index contributed by atoms with van der Waals surface area (Å²) in [6, 6.07) is 14.0. The fraction of sp³-hybridized carbons (Fsp3) is 0.167. The van der Waals surface area contributed by atoms with E-state index in [1.54, 1.807) is 19.5 Å². The summed E-state index contributed by atoms with van der Waals surface area (Å²) in [6.07, 6.45) is 5.51. The number of hydrogen-bond donors (Lipinski definition) is 0. The number of nitrogens with zero attached hydrogens (tertiary/aromatic N) is 4. The molecular formula is C18H18N4OS. The van der Waals surface area contributed by atoms with Crippen molar-refractivity contribution in [1.29, 1.82) is 0 Å². The molecule has 2 aromatic heterocycles. The number of aromatic nitrogens is 3. The van der Waals surface area contributed by atoms with Gasteiger partial charge in [0.05, 0.1) is 19.0 Å². The maximum Gasteiger partial charge on any atom is 0.221 e. The summed E-state index contributed by atoms with van der Waals surface area (Å²) in [5.74, 6) is 1.42. The Balaban J connectivity index is 2.02. The maximum atomic E-state index is 5.42.